The van der Waals surface area contributed by atoms with Gasteiger partial charge in [-0.3, -0.25) is 9.69 Å². The molecule has 0 aliphatic carbocycles. The third-order valence-electron chi connectivity index (χ3n) is 4.61. The largest absolute Gasteiger partial charge is 0.435 e. The molecule has 2 aromatic carbocycles. The topological polar surface area (TPSA) is 54.5 Å². The smallest absolute Gasteiger partial charge is 0.387 e. The number of nitrogens with zero attached hydrogens (tertiary/aromatic N) is 2. The highest BCUT2D eigenvalue weighted by Gasteiger charge is 2.11. The number of amides is 1. The molecule has 1 amide bonds. The maximum Gasteiger partial charge on any atom is 0.387 e. The zero-order chi connectivity index (χ0) is 22.4. The van der Waals surface area contributed by atoms with Crippen LogP contribution in [0.5, 0.6) is 5.75 Å². The molecule has 0 fully saturated rings. The molecule has 0 atom stereocenters. The number of carbonyl (C=O) groups excluding carboxylic acids is 1. The monoisotopic (exact) mass is 445 g/mol. The Morgan fingerprint density at radius 3 is 2.61 bits per heavy atom. The van der Waals surface area contributed by atoms with Crippen LogP contribution in [0.25, 0.3) is 0 Å². The molecule has 0 saturated carbocycles. The van der Waals surface area contributed by atoms with Gasteiger partial charge in [-0.1, -0.05) is 24.3 Å². The molecule has 0 radical (unpaired) electrons. The summed E-state index contributed by atoms with van der Waals surface area (Å²) < 4.78 is 28.8. The van der Waals surface area contributed by atoms with Gasteiger partial charge in [-0.25, -0.2) is 4.98 Å². The van der Waals surface area contributed by atoms with E-state index in [0.29, 0.717) is 13.1 Å². The van der Waals surface area contributed by atoms with Crippen molar-refractivity contribution in [3.05, 3.63) is 75.2 Å². The van der Waals surface area contributed by atoms with E-state index >= 15 is 0 Å². The van der Waals surface area contributed by atoms with Gasteiger partial charge >= 0.3 is 6.61 Å². The lowest BCUT2D eigenvalue weighted by Crippen LogP contribution is -2.18. The fraction of sp³-hybridized carbons (Fsp3) is 0.304. The van der Waals surface area contributed by atoms with E-state index in [1.54, 1.807) is 12.1 Å². The van der Waals surface area contributed by atoms with Crippen LogP contribution in [-0.2, 0) is 24.3 Å². The van der Waals surface area contributed by atoms with Crippen LogP contribution in [0.3, 0.4) is 0 Å². The van der Waals surface area contributed by atoms with Gasteiger partial charge in [-0.2, -0.15) is 8.78 Å². The van der Waals surface area contributed by atoms with Crippen molar-refractivity contribution in [3.63, 3.8) is 0 Å². The van der Waals surface area contributed by atoms with Crippen molar-refractivity contribution in [2.75, 3.05) is 12.4 Å². The molecule has 3 aromatic rings. The number of rotatable bonds is 9. The van der Waals surface area contributed by atoms with Crippen molar-refractivity contribution in [1.82, 2.24) is 9.88 Å². The van der Waals surface area contributed by atoms with Crippen LogP contribution >= 0.6 is 11.3 Å². The van der Waals surface area contributed by atoms with Crippen LogP contribution < -0.4 is 10.1 Å². The summed E-state index contributed by atoms with van der Waals surface area (Å²) in [5.41, 5.74) is 4.81. The van der Waals surface area contributed by atoms with Gasteiger partial charge < -0.3 is 10.1 Å². The first kappa shape index (κ1) is 22.8. The van der Waals surface area contributed by atoms with E-state index in [9.17, 15) is 13.6 Å². The Balaban J connectivity index is 1.51. The van der Waals surface area contributed by atoms with Crippen molar-refractivity contribution in [2.24, 2.45) is 0 Å². The summed E-state index contributed by atoms with van der Waals surface area (Å²) >= 11 is 1.47. The Morgan fingerprint density at radius 2 is 1.90 bits per heavy atom. The molecule has 3 rings (SSSR count). The second kappa shape index (κ2) is 10.5. The van der Waals surface area contributed by atoms with E-state index in [1.807, 2.05) is 44.5 Å². The molecule has 0 spiro atoms. The molecule has 0 aliphatic rings. The average molecular weight is 446 g/mol. The predicted octanol–water partition coefficient (Wildman–Crippen LogP) is 5.17. The summed E-state index contributed by atoms with van der Waals surface area (Å²) in [6.07, 6.45) is 0.230. The normalized spacial score (nSPS) is 11.2. The SMILES string of the molecule is Cc1ccc(C)c(NC(=O)Cc2nc(CN(C)Cc3ccc(OC(F)F)cc3)cs2)c1. The summed E-state index contributed by atoms with van der Waals surface area (Å²) in [6.45, 7) is 2.38. The number of halogens is 2. The molecule has 8 heteroatoms. The number of ether oxygens (including phenoxy) is 1. The Morgan fingerprint density at radius 1 is 1.16 bits per heavy atom. The highest BCUT2D eigenvalue weighted by Crippen LogP contribution is 2.19. The number of thiazole rings is 1. The minimum Gasteiger partial charge on any atom is -0.435 e. The molecule has 1 aromatic heterocycles. The number of nitrogens with one attached hydrogen (secondary N) is 1. The van der Waals surface area contributed by atoms with Crippen molar-refractivity contribution in [3.8, 4) is 5.75 Å². The van der Waals surface area contributed by atoms with E-state index in [4.69, 9.17) is 0 Å². The second-order valence-electron chi connectivity index (χ2n) is 7.47. The maximum atomic E-state index is 12.4. The molecule has 0 saturated heterocycles. The van der Waals surface area contributed by atoms with E-state index < -0.39 is 6.61 Å². The van der Waals surface area contributed by atoms with Gasteiger partial charge in [-0.15, -0.1) is 11.3 Å². The number of hydrogen-bond acceptors (Lipinski definition) is 5. The molecule has 0 unspecified atom stereocenters. The van der Waals surface area contributed by atoms with Gasteiger partial charge in [0.1, 0.15) is 10.8 Å². The second-order valence-corrected chi connectivity index (χ2v) is 8.41. The third kappa shape index (κ3) is 7.11. The lowest BCUT2D eigenvalue weighted by molar-refractivity contribution is -0.115. The average Bonchev–Trinajstić information content (AvgIpc) is 3.12. The molecule has 5 nitrogen and oxygen atoms in total. The summed E-state index contributed by atoms with van der Waals surface area (Å²) in [5.74, 6) is 0.0544. The van der Waals surface area contributed by atoms with E-state index in [1.165, 1.54) is 23.5 Å². The Bertz CT molecular complexity index is 1020. The first-order valence-electron chi connectivity index (χ1n) is 9.81. The standard InChI is InChI=1S/C23H25F2N3O2S/c1-15-4-5-16(2)20(10-15)27-21(29)11-22-26-18(14-31-22)13-28(3)12-17-6-8-19(9-7-17)30-23(24)25/h4-10,14,23H,11-13H2,1-3H3,(H,27,29). The van der Waals surface area contributed by atoms with Crippen LogP contribution in [0.2, 0.25) is 0 Å². The quantitative estimate of drug-likeness (QED) is 0.493. The molecule has 0 bridgehead atoms. The Labute approximate surface area is 184 Å². The predicted molar refractivity (Wildman–Crippen MR) is 119 cm³/mol. The fourth-order valence-corrected chi connectivity index (χ4v) is 3.91. The third-order valence-corrected chi connectivity index (χ3v) is 5.51. The van der Waals surface area contributed by atoms with Gasteiger partial charge in [-0.05, 0) is 55.8 Å². The minimum atomic E-state index is -2.82. The van der Waals surface area contributed by atoms with Crippen LogP contribution in [0.15, 0.2) is 47.8 Å². The molecule has 1 heterocycles. The lowest BCUT2D eigenvalue weighted by atomic mass is 10.1. The molecular weight excluding hydrogens is 420 g/mol. The molecule has 164 valence electrons. The van der Waals surface area contributed by atoms with Crippen LogP contribution in [0.1, 0.15) is 27.4 Å². The highest BCUT2D eigenvalue weighted by molar-refractivity contribution is 7.09. The minimum absolute atomic E-state index is 0.0888. The lowest BCUT2D eigenvalue weighted by Gasteiger charge is -2.15. The number of benzene rings is 2. The van der Waals surface area contributed by atoms with Crippen molar-refractivity contribution >= 4 is 22.9 Å². The van der Waals surface area contributed by atoms with Gasteiger partial charge in [0.05, 0.1) is 12.1 Å². The van der Waals surface area contributed by atoms with Crippen LogP contribution in [0.4, 0.5) is 14.5 Å². The first-order chi connectivity index (χ1) is 14.8. The number of aryl methyl sites for hydroxylation is 2. The van der Waals surface area contributed by atoms with Gasteiger partial charge in [0.25, 0.3) is 0 Å². The molecule has 1 N–H and O–H groups in total. The number of aromatic nitrogens is 1. The number of anilines is 1. The maximum absolute atomic E-state index is 12.4. The number of carbonyl (C=O) groups is 1. The van der Waals surface area contributed by atoms with Crippen LogP contribution in [0, 0.1) is 13.8 Å². The first-order valence-corrected chi connectivity index (χ1v) is 10.7. The zero-order valence-corrected chi connectivity index (χ0v) is 18.5. The van der Waals surface area contributed by atoms with Crippen molar-refractivity contribution < 1.29 is 18.3 Å². The Hall–Kier alpha value is -2.84. The fourth-order valence-electron chi connectivity index (χ4n) is 3.13. The van der Waals surface area contributed by atoms with Gasteiger partial charge in [0.15, 0.2) is 0 Å². The van der Waals surface area contributed by atoms with Gasteiger partial charge in [0, 0.05) is 24.2 Å². The molecular formula is C23H25F2N3O2S. The molecule has 0 aliphatic heterocycles. The Kier molecular flexibility index (Phi) is 7.70. The number of alkyl halides is 2. The van der Waals surface area contributed by atoms with Crippen LogP contribution in [-0.4, -0.2) is 29.5 Å². The van der Waals surface area contributed by atoms with E-state index in [-0.39, 0.29) is 18.1 Å². The van der Waals surface area contributed by atoms with Crippen molar-refractivity contribution in [1.29, 1.82) is 0 Å². The summed E-state index contributed by atoms with van der Waals surface area (Å²) in [7, 11) is 1.95. The zero-order valence-electron chi connectivity index (χ0n) is 17.7. The summed E-state index contributed by atoms with van der Waals surface area (Å²) in [4.78, 5) is 19.0. The highest BCUT2D eigenvalue weighted by atomic mass is 32.1. The molecule has 31 heavy (non-hydrogen) atoms. The van der Waals surface area contributed by atoms with E-state index in [2.05, 4.69) is 19.9 Å². The summed E-state index contributed by atoms with van der Waals surface area (Å²) in [5, 5.41) is 5.68. The summed E-state index contributed by atoms with van der Waals surface area (Å²) in [6, 6.07) is 12.6. The number of hydrogen-bond donors (Lipinski definition) is 1. The van der Waals surface area contributed by atoms with Gasteiger partial charge in [0.2, 0.25) is 5.91 Å². The van der Waals surface area contributed by atoms with E-state index in [0.717, 1.165) is 33.1 Å². The van der Waals surface area contributed by atoms with Crippen molar-refractivity contribution in [2.45, 2.75) is 40.0 Å².